The number of carbonyl (C=O) groups is 1. The number of hydrogen-bond donors (Lipinski definition) is 1. The molecule has 4 nitrogen and oxygen atoms in total. The summed E-state index contributed by atoms with van der Waals surface area (Å²) in [5, 5.41) is 0. The number of halogens is 1. The van der Waals surface area contributed by atoms with Gasteiger partial charge in [-0.05, 0) is 32.0 Å². The molecule has 5 heteroatoms. The van der Waals surface area contributed by atoms with Crippen molar-refractivity contribution in [2.75, 3.05) is 25.1 Å². The summed E-state index contributed by atoms with van der Waals surface area (Å²) in [7, 11) is 1.75. The molecule has 0 bridgehead atoms. The number of nitrogens with zero attached hydrogens (tertiary/aromatic N) is 1. The lowest BCUT2D eigenvalue weighted by molar-refractivity contribution is -0.148. The van der Waals surface area contributed by atoms with Crippen molar-refractivity contribution < 1.29 is 13.9 Å². The summed E-state index contributed by atoms with van der Waals surface area (Å²) in [5.74, 6) is -0.789. The standard InChI is InChI=1S/C13H19FN2O2/c1-4-18-12(17)13(2,15)9-16(3)11-7-5-6-10(14)8-11/h5-8H,4,9,15H2,1-3H3. The average molecular weight is 254 g/mol. The summed E-state index contributed by atoms with van der Waals surface area (Å²) in [4.78, 5) is 13.4. The first-order valence-corrected chi connectivity index (χ1v) is 5.79. The highest BCUT2D eigenvalue weighted by atomic mass is 19.1. The largest absolute Gasteiger partial charge is 0.465 e. The van der Waals surface area contributed by atoms with Crippen LogP contribution in [0, 0.1) is 5.82 Å². The zero-order valence-electron chi connectivity index (χ0n) is 10.9. The Morgan fingerprint density at radius 2 is 2.22 bits per heavy atom. The normalized spacial score (nSPS) is 13.8. The molecule has 0 aliphatic heterocycles. The Balaban J connectivity index is 2.75. The first kappa shape index (κ1) is 14.4. The van der Waals surface area contributed by atoms with Gasteiger partial charge in [-0.3, -0.25) is 0 Å². The van der Waals surface area contributed by atoms with Crippen molar-refractivity contribution in [3.63, 3.8) is 0 Å². The second kappa shape index (κ2) is 5.82. The van der Waals surface area contributed by atoms with Crippen LogP contribution in [0.4, 0.5) is 10.1 Å². The lowest BCUT2D eigenvalue weighted by Crippen LogP contribution is -2.54. The van der Waals surface area contributed by atoms with Crippen LogP contribution in [0.5, 0.6) is 0 Å². The fourth-order valence-electron chi connectivity index (χ4n) is 1.66. The van der Waals surface area contributed by atoms with Crippen molar-refractivity contribution in [1.29, 1.82) is 0 Å². The number of anilines is 1. The Bertz CT molecular complexity index is 421. The third-order valence-electron chi connectivity index (χ3n) is 2.56. The first-order valence-electron chi connectivity index (χ1n) is 5.79. The topological polar surface area (TPSA) is 55.6 Å². The summed E-state index contributed by atoms with van der Waals surface area (Å²) in [6.07, 6.45) is 0. The molecule has 2 N–H and O–H groups in total. The summed E-state index contributed by atoms with van der Waals surface area (Å²) in [6, 6.07) is 6.12. The van der Waals surface area contributed by atoms with Crippen LogP contribution in [0.15, 0.2) is 24.3 Å². The van der Waals surface area contributed by atoms with Crippen LogP contribution in [0.2, 0.25) is 0 Å². The highest BCUT2D eigenvalue weighted by Gasteiger charge is 2.31. The molecule has 1 atom stereocenters. The summed E-state index contributed by atoms with van der Waals surface area (Å²) in [6.45, 7) is 3.86. The maximum absolute atomic E-state index is 13.1. The van der Waals surface area contributed by atoms with E-state index in [2.05, 4.69) is 0 Å². The van der Waals surface area contributed by atoms with Gasteiger partial charge in [-0.2, -0.15) is 0 Å². The van der Waals surface area contributed by atoms with E-state index >= 15 is 0 Å². The highest BCUT2D eigenvalue weighted by molar-refractivity contribution is 5.81. The van der Waals surface area contributed by atoms with Gasteiger partial charge < -0.3 is 15.4 Å². The molecule has 1 aromatic carbocycles. The molecule has 0 spiro atoms. The lowest BCUT2D eigenvalue weighted by Gasteiger charge is -2.29. The SMILES string of the molecule is CCOC(=O)C(C)(N)CN(C)c1cccc(F)c1. The van der Waals surface area contributed by atoms with Gasteiger partial charge in [-0.1, -0.05) is 6.07 Å². The number of likely N-dealkylation sites (N-methyl/N-ethyl adjacent to an activating group) is 1. The maximum atomic E-state index is 13.1. The van der Waals surface area contributed by atoms with E-state index in [4.69, 9.17) is 10.5 Å². The molecule has 0 saturated carbocycles. The molecule has 0 aliphatic rings. The number of nitrogens with two attached hydrogens (primary N) is 1. The van der Waals surface area contributed by atoms with Gasteiger partial charge in [-0.15, -0.1) is 0 Å². The Kier molecular flexibility index (Phi) is 4.67. The second-order valence-electron chi connectivity index (χ2n) is 4.47. The molecule has 0 radical (unpaired) electrons. The van der Waals surface area contributed by atoms with Crippen molar-refractivity contribution in [1.82, 2.24) is 0 Å². The van der Waals surface area contributed by atoms with E-state index in [1.807, 2.05) is 0 Å². The predicted molar refractivity (Wildman–Crippen MR) is 68.9 cm³/mol. The van der Waals surface area contributed by atoms with Gasteiger partial charge in [0, 0.05) is 19.3 Å². The molecule has 0 fully saturated rings. The minimum atomic E-state index is -1.13. The minimum Gasteiger partial charge on any atom is -0.465 e. The van der Waals surface area contributed by atoms with E-state index in [0.717, 1.165) is 0 Å². The molecular formula is C13H19FN2O2. The van der Waals surface area contributed by atoms with Gasteiger partial charge in [0.25, 0.3) is 0 Å². The molecule has 100 valence electrons. The van der Waals surface area contributed by atoms with Gasteiger partial charge in [0.2, 0.25) is 0 Å². The quantitative estimate of drug-likeness (QED) is 0.810. The minimum absolute atomic E-state index is 0.245. The zero-order valence-corrected chi connectivity index (χ0v) is 10.9. The Hall–Kier alpha value is -1.62. The van der Waals surface area contributed by atoms with Gasteiger partial charge >= 0.3 is 5.97 Å². The predicted octanol–water partition coefficient (Wildman–Crippen LogP) is 1.54. The van der Waals surface area contributed by atoms with E-state index in [1.165, 1.54) is 12.1 Å². The van der Waals surface area contributed by atoms with Crippen molar-refractivity contribution >= 4 is 11.7 Å². The fraction of sp³-hybridized carbons (Fsp3) is 0.462. The summed E-state index contributed by atoms with van der Waals surface area (Å²) in [5.41, 5.74) is 5.45. The Morgan fingerprint density at radius 1 is 1.56 bits per heavy atom. The van der Waals surface area contributed by atoms with Crippen molar-refractivity contribution in [3.05, 3.63) is 30.1 Å². The molecule has 1 rings (SSSR count). The van der Waals surface area contributed by atoms with Crippen LogP contribution in [0.1, 0.15) is 13.8 Å². The second-order valence-corrected chi connectivity index (χ2v) is 4.47. The van der Waals surface area contributed by atoms with E-state index in [9.17, 15) is 9.18 Å². The van der Waals surface area contributed by atoms with Gasteiger partial charge in [0.1, 0.15) is 11.4 Å². The monoisotopic (exact) mass is 254 g/mol. The first-order chi connectivity index (χ1) is 8.36. The molecule has 0 amide bonds. The number of esters is 1. The number of rotatable bonds is 5. The Morgan fingerprint density at radius 3 is 2.78 bits per heavy atom. The number of carbonyl (C=O) groups excluding carboxylic acids is 1. The molecule has 18 heavy (non-hydrogen) atoms. The van der Waals surface area contributed by atoms with E-state index in [-0.39, 0.29) is 19.0 Å². The smallest absolute Gasteiger partial charge is 0.327 e. The van der Waals surface area contributed by atoms with Crippen LogP contribution in [-0.2, 0) is 9.53 Å². The van der Waals surface area contributed by atoms with E-state index in [0.29, 0.717) is 5.69 Å². The molecule has 0 heterocycles. The third-order valence-corrected chi connectivity index (χ3v) is 2.56. The fourth-order valence-corrected chi connectivity index (χ4v) is 1.66. The van der Waals surface area contributed by atoms with Crippen LogP contribution in [0.25, 0.3) is 0 Å². The third kappa shape index (κ3) is 3.70. The van der Waals surface area contributed by atoms with Gasteiger partial charge in [-0.25, -0.2) is 9.18 Å². The van der Waals surface area contributed by atoms with Crippen LogP contribution < -0.4 is 10.6 Å². The van der Waals surface area contributed by atoms with Crippen molar-refractivity contribution in [2.45, 2.75) is 19.4 Å². The van der Waals surface area contributed by atoms with Crippen LogP contribution in [-0.4, -0.2) is 31.7 Å². The van der Waals surface area contributed by atoms with Crippen LogP contribution in [0.3, 0.4) is 0 Å². The molecule has 0 aliphatic carbocycles. The molecule has 0 aromatic heterocycles. The zero-order chi connectivity index (χ0) is 13.8. The summed E-state index contributed by atoms with van der Waals surface area (Å²) < 4.78 is 18.0. The molecule has 0 saturated heterocycles. The highest BCUT2D eigenvalue weighted by Crippen LogP contribution is 2.16. The van der Waals surface area contributed by atoms with E-state index < -0.39 is 11.5 Å². The van der Waals surface area contributed by atoms with Crippen molar-refractivity contribution in [2.24, 2.45) is 5.73 Å². The number of ether oxygens (including phenoxy) is 1. The van der Waals surface area contributed by atoms with Crippen molar-refractivity contribution in [3.8, 4) is 0 Å². The average Bonchev–Trinajstić information content (AvgIpc) is 2.28. The summed E-state index contributed by atoms with van der Waals surface area (Å²) >= 11 is 0. The number of benzene rings is 1. The van der Waals surface area contributed by atoms with Gasteiger partial charge in [0.05, 0.1) is 6.61 Å². The Labute approximate surface area is 107 Å². The molecule has 1 aromatic rings. The maximum Gasteiger partial charge on any atom is 0.327 e. The molecular weight excluding hydrogens is 235 g/mol. The van der Waals surface area contributed by atoms with Gasteiger partial charge in [0.15, 0.2) is 0 Å². The molecule has 1 unspecified atom stereocenters. The van der Waals surface area contributed by atoms with Crippen LogP contribution >= 0.6 is 0 Å². The lowest BCUT2D eigenvalue weighted by atomic mass is 10.0. The number of hydrogen-bond acceptors (Lipinski definition) is 4. The van der Waals surface area contributed by atoms with E-state index in [1.54, 1.807) is 37.9 Å².